The molecule has 0 atom stereocenters. The first-order chi connectivity index (χ1) is 11.9. The smallest absolute Gasteiger partial charge is 0.296 e. The lowest BCUT2D eigenvalue weighted by Crippen LogP contribution is -2.30. The first-order valence-electron chi connectivity index (χ1n) is 7.65. The summed E-state index contributed by atoms with van der Waals surface area (Å²) < 4.78 is 31.5. The van der Waals surface area contributed by atoms with Gasteiger partial charge in [0.15, 0.2) is 0 Å². The maximum absolute atomic E-state index is 14.3. The third kappa shape index (κ3) is 3.26. The standard InChI is InChI=1S/C17H15BrF2N4O/c1-10(2)9-23-14(13-11(19)5-3-6-12(13)20)15(18)22-16(17(23)25)24-8-4-7-21-24/h3-8,10H,9H2,1-2H3. The molecule has 0 N–H and O–H groups in total. The molecule has 8 heteroatoms. The summed E-state index contributed by atoms with van der Waals surface area (Å²) in [4.78, 5) is 17.1. The molecule has 0 spiro atoms. The minimum atomic E-state index is -0.758. The summed E-state index contributed by atoms with van der Waals surface area (Å²) in [5, 5.41) is 4.02. The molecule has 3 rings (SSSR count). The van der Waals surface area contributed by atoms with Crippen LogP contribution in [0.1, 0.15) is 13.8 Å². The molecule has 0 aliphatic heterocycles. The van der Waals surface area contributed by atoms with Crippen molar-refractivity contribution in [3.63, 3.8) is 0 Å². The van der Waals surface area contributed by atoms with Crippen LogP contribution in [-0.4, -0.2) is 19.3 Å². The monoisotopic (exact) mass is 408 g/mol. The second-order valence-corrected chi connectivity index (χ2v) is 6.68. The number of nitrogens with zero attached hydrogens (tertiary/aromatic N) is 4. The van der Waals surface area contributed by atoms with E-state index < -0.39 is 17.2 Å². The fourth-order valence-corrected chi connectivity index (χ4v) is 3.15. The molecule has 3 aromatic rings. The van der Waals surface area contributed by atoms with Crippen molar-refractivity contribution in [1.82, 2.24) is 19.3 Å². The highest BCUT2D eigenvalue weighted by Crippen LogP contribution is 2.31. The molecule has 0 aliphatic rings. The fourth-order valence-electron chi connectivity index (χ4n) is 2.57. The normalized spacial score (nSPS) is 11.3. The van der Waals surface area contributed by atoms with Crippen LogP contribution in [0.5, 0.6) is 0 Å². The van der Waals surface area contributed by atoms with Gasteiger partial charge in [-0.15, -0.1) is 0 Å². The molecule has 5 nitrogen and oxygen atoms in total. The molecule has 0 fully saturated rings. The van der Waals surface area contributed by atoms with Gasteiger partial charge in [-0.2, -0.15) is 5.10 Å². The second-order valence-electron chi connectivity index (χ2n) is 5.93. The Hall–Kier alpha value is -2.35. The number of halogens is 3. The molecule has 0 radical (unpaired) electrons. The van der Waals surface area contributed by atoms with E-state index in [0.29, 0.717) is 0 Å². The molecule has 130 valence electrons. The van der Waals surface area contributed by atoms with Crippen molar-refractivity contribution in [1.29, 1.82) is 0 Å². The lowest BCUT2D eigenvalue weighted by atomic mass is 10.1. The van der Waals surface area contributed by atoms with Crippen molar-refractivity contribution >= 4 is 15.9 Å². The second kappa shape index (κ2) is 6.87. The minimum absolute atomic E-state index is 0.0537. The summed E-state index contributed by atoms with van der Waals surface area (Å²) in [6.45, 7) is 4.10. The van der Waals surface area contributed by atoms with Crippen LogP contribution >= 0.6 is 15.9 Å². The first-order valence-corrected chi connectivity index (χ1v) is 8.44. The van der Waals surface area contributed by atoms with Gasteiger partial charge in [0.05, 0.1) is 11.3 Å². The molecular formula is C17H15BrF2N4O. The molecule has 2 heterocycles. The minimum Gasteiger partial charge on any atom is -0.302 e. The molecule has 0 bridgehead atoms. The van der Waals surface area contributed by atoms with Crippen LogP contribution in [0.4, 0.5) is 8.78 Å². The van der Waals surface area contributed by atoms with Crippen molar-refractivity contribution in [2.45, 2.75) is 20.4 Å². The van der Waals surface area contributed by atoms with E-state index in [4.69, 9.17) is 0 Å². The largest absolute Gasteiger partial charge is 0.302 e. The lowest BCUT2D eigenvalue weighted by molar-refractivity contribution is 0.504. The first kappa shape index (κ1) is 17.5. The van der Waals surface area contributed by atoms with E-state index in [1.807, 2.05) is 13.8 Å². The molecule has 25 heavy (non-hydrogen) atoms. The van der Waals surface area contributed by atoms with Crippen LogP contribution in [0, 0.1) is 17.6 Å². The van der Waals surface area contributed by atoms with E-state index >= 15 is 0 Å². The van der Waals surface area contributed by atoms with Crippen molar-refractivity contribution < 1.29 is 8.78 Å². The summed E-state index contributed by atoms with van der Waals surface area (Å²) in [7, 11) is 0. The SMILES string of the molecule is CC(C)Cn1c(-c2c(F)cccc2F)c(Br)nc(-n2cccn2)c1=O. The zero-order chi connectivity index (χ0) is 18.1. The van der Waals surface area contributed by atoms with Crippen molar-refractivity contribution in [2.24, 2.45) is 5.92 Å². The predicted molar refractivity (Wildman–Crippen MR) is 93.5 cm³/mol. The molecule has 0 saturated heterocycles. The van der Waals surface area contributed by atoms with E-state index in [1.165, 1.54) is 21.5 Å². The van der Waals surface area contributed by atoms with Gasteiger partial charge in [0.1, 0.15) is 16.2 Å². The summed E-state index contributed by atoms with van der Waals surface area (Å²) in [6.07, 6.45) is 3.10. The van der Waals surface area contributed by atoms with Gasteiger partial charge < -0.3 is 4.57 Å². The van der Waals surface area contributed by atoms with Crippen LogP contribution in [0.25, 0.3) is 17.1 Å². The van der Waals surface area contributed by atoms with Crippen molar-refractivity contribution in [3.05, 3.63) is 63.3 Å². The van der Waals surface area contributed by atoms with E-state index in [2.05, 4.69) is 26.0 Å². The van der Waals surface area contributed by atoms with Gasteiger partial charge in [-0.1, -0.05) is 19.9 Å². The third-order valence-electron chi connectivity index (χ3n) is 3.57. The lowest BCUT2D eigenvalue weighted by Gasteiger charge is -2.18. The Morgan fingerprint density at radius 1 is 1.20 bits per heavy atom. The number of rotatable bonds is 4. The summed E-state index contributed by atoms with van der Waals surface area (Å²) in [5.41, 5.74) is -0.685. The van der Waals surface area contributed by atoms with Gasteiger partial charge in [-0.3, -0.25) is 4.79 Å². The van der Waals surface area contributed by atoms with Gasteiger partial charge in [-0.05, 0) is 40.0 Å². The molecule has 0 aliphatic carbocycles. The molecule has 1 aromatic carbocycles. The summed E-state index contributed by atoms with van der Waals surface area (Å²) in [6, 6.07) is 5.23. The molecule has 2 aromatic heterocycles. The van der Waals surface area contributed by atoms with Gasteiger partial charge in [0, 0.05) is 18.9 Å². The van der Waals surface area contributed by atoms with E-state index in [1.54, 1.807) is 12.3 Å². The van der Waals surface area contributed by atoms with Gasteiger partial charge in [-0.25, -0.2) is 18.4 Å². The topological polar surface area (TPSA) is 52.7 Å². The number of aromatic nitrogens is 4. The average Bonchev–Trinajstić information content (AvgIpc) is 3.06. The Labute approximate surface area is 151 Å². The maximum Gasteiger partial charge on any atom is 0.296 e. The Morgan fingerprint density at radius 3 is 2.44 bits per heavy atom. The quantitative estimate of drug-likeness (QED) is 0.659. The Bertz CT molecular complexity index is 947. The zero-order valence-corrected chi connectivity index (χ0v) is 15.2. The highest BCUT2D eigenvalue weighted by atomic mass is 79.9. The van der Waals surface area contributed by atoms with Crippen LogP contribution in [-0.2, 0) is 6.54 Å². The van der Waals surface area contributed by atoms with Gasteiger partial charge in [0.2, 0.25) is 5.82 Å². The summed E-state index contributed by atoms with van der Waals surface area (Å²) >= 11 is 3.27. The van der Waals surface area contributed by atoms with Crippen LogP contribution < -0.4 is 5.56 Å². The third-order valence-corrected chi connectivity index (χ3v) is 4.13. The molecule has 0 amide bonds. The maximum atomic E-state index is 14.3. The van der Waals surface area contributed by atoms with Crippen LogP contribution in [0.3, 0.4) is 0 Å². The summed E-state index contributed by atoms with van der Waals surface area (Å²) in [5.74, 6) is -1.39. The van der Waals surface area contributed by atoms with E-state index in [-0.39, 0.29) is 34.1 Å². The average molecular weight is 409 g/mol. The predicted octanol–water partition coefficient (Wildman–Crippen LogP) is 3.79. The Balaban J connectivity index is 2.36. The highest BCUT2D eigenvalue weighted by molar-refractivity contribution is 9.10. The van der Waals surface area contributed by atoms with Crippen LogP contribution in [0.2, 0.25) is 0 Å². The van der Waals surface area contributed by atoms with Crippen molar-refractivity contribution in [3.8, 4) is 17.1 Å². The van der Waals surface area contributed by atoms with Crippen molar-refractivity contribution in [2.75, 3.05) is 0 Å². The zero-order valence-electron chi connectivity index (χ0n) is 13.6. The fraction of sp³-hybridized carbons (Fsp3) is 0.235. The number of hydrogen-bond acceptors (Lipinski definition) is 3. The van der Waals surface area contributed by atoms with Crippen LogP contribution in [0.15, 0.2) is 46.1 Å². The highest BCUT2D eigenvalue weighted by Gasteiger charge is 2.23. The number of benzene rings is 1. The Morgan fingerprint density at radius 2 is 1.88 bits per heavy atom. The van der Waals surface area contributed by atoms with E-state index in [9.17, 15) is 13.6 Å². The van der Waals surface area contributed by atoms with Gasteiger partial charge >= 0.3 is 0 Å². The molecule has 0 unspecified atom stereocenters. The molecule has 0 saturated carbocycles. The van der Waals surface area contributed by atoms with E-state index in [0.717, 1.165) is 12.1 Å². The van der Waals surface area contributed by atoms with Gasteiger partial charge in [0.25, 0.3) is 5.56 Å². The Kier molecular flexibility index (Phi) is 4.80. The molecular weight excluding hydrogens is 394 g/mol. The number of hydrogen-bond donors (Lipinski definition) is 0.